The van der Waals surface area contributed by atoms with Gasteiger partial charge in [0.25, 0.3) is 0 Å². The minimum Gasteiger partial charge on any atom is -0.309 e. The fourth-order valence-electron chi connectivity index (χ4n) is 13.0. The predicted octanol–water partition coefficient (Wildman–Crippen LogP) is 18.9. The number of hydrogen-bond acceptors (Lipinski definition) is 3. The summed E-state index contributed by atoms with van der Waals surface area (Å²) < 4.78 is 9.61. The Labute approximate surface area is 471 Å². The van der Waals surface area contributed by atoms with Gasteiger partial charge in [0.1, 0.15) is 0 Å². The lowest BCUT2D eigenvalue weighted by molar-refractivity contribution is 1.07. The molecular formula is C75H47N7. The molecule has 5 aromatic heterocycles. The molecular weight excluding hydrogens is 999 g/mol. The first kappa shape index (κ1) is 45.8. The molecule has 0 spiro atoms. The van der Waals surface area contributed by atoms with E-state index >= 15 is 0 Å². The zero-order valence-corrected chi connectivity index (χ0v) is 44.3. The molecule has 17 rings (SSSR count). The lowest BCUT2D eigenvalue weighted by atomic mass is 9.99. The van der Waals surface area contributed by atoms with E-state index < -0.39 is 0 Å². The molecule has 5 heterocycles. The molecule has 0 saturated carbocycles. The highest BCUT2D eigenvalue weighted by molar-refractivity contribution is 6.14. The fourth-order valence-corrected chi connectivity index (χ4v) is 13.0. The van der Waals surface area contributed by atoms with Crippen LogP contribution in [0.1, 0.15) is 0 Å². The Morgan fingerprint density at radius 3 is 1.07 bits per heavy atom. The number of aromatic nitrogens is 7. The number of para-hydroxylation sites is 7. The summed E-state index contributed by atoms with van der Waals surface area (Å²) in [4.78, 5) is 16.0. The molecule has 0 radical (unpaired) electrons. The van der Waals surface area contributed by atoms with Crippen LogP contribution < -0.4 is 0 Å². The zero-order valence-electron chi connectivity index (χ0n) is 44.3. The molecule has 12 aromatic carbocycles. The Kier molecular flexibility index (Phi) is 10.2. The highest BCUT2D eigenvalue weighted by Crippen LogP contribution is 2.43. The van der Waals surface area contributed by atoms with E-state index in [1.807, 2.05) is 18.2 Å². The average Bonchev–Trinajstić information content (AvgIpc) is 4.32. The van der Waals surface area contributed by atoms with Crippen LogP contribution in [-0.2, 0) is 0 Å². The van der Waals surface area contributed by atoms with Crippen LogP contribution in [0.4, 0.5) is 0 Å². The van der Waals surface area contributed by atoms with Gasteiger partial charge in [-0.25, -0.2) is 15.0 Å². The van der Waals surface area contributed by atoms with Gasteiger partial charge in [0.15, 0.2) is 17.5 Å². The highest BCUT2D eigenvalue weighted by Gasteiger charge is 2.23. The van der Waals surface area contributed by atoms with Gasteiger partial charge < -0.3 is 18.3 Å². The molecule has 0 atom stereocenters. The first-order valence-electron chi connectivity index (χ1n) is 27.8. The van der Waals surface area contributed by atoms with E-state index in [1.165, 1.54) is 54.1 Å². The van der Waals surface area contributed by atoms with E-state index in [1.54, 1.807) is 0 Å². The highest BCUT2D eigenvalue weighted by atomic mass is 15.0. The van der Waals surface area contributed by atoms with Gasteiger partial charge >= 0.3 is 0 Å². The Morgan fingerprint density at radius 2 is 0.549 bits per heavy atom. The monoisotopic (exact) mass is 1050 g/mol. The molecule has 0 bridgehead atoms. The molecule has 0 aliphatic heterocycles. The van der Waals surface area contributed by atoms with Gasteiger partial charge in [0.2, 0.25) is 0 Å². The van der Waals surface area contributed by atoms with E-state index in [4.69, 9.17) is 15.0 Å². The molecule has 7 heteroatoms. The largest absolute Gasteiger partial charge is 0.309 e. The second-order valence-corrected chi connectivity index (χ2v) is 21.2. The summed E-state index contributed by atoms with van der Waals surface area (Å²) in [6.07, 6.45) is 0. The standard InChI is InChI=1S/C75H47N7/c1-3-20-48(21-4-1)73-76-74(50-22-19-25-53(44-50)80-64-32-13-7-26-56(64)57-27-8-14-33-65(57)80)78-75(77-73)51-39-41-55(70(46-51)82-68-36-17-11-30-60(68)61-31-12-18-37-69(61)82)49-38-42-62-63-43-40-54(47-72(63)79(71(62)45-49)52-23-5-2-6-24-52)81-66-34-15-9-28-58(66)59-29-10-16-35-67(59)81/h1-47H. The third kappa shape index (κ3) is 7.06. The summed E-state index contributed by atoms with van der Waals surface area (Å²) in [7, 11) is 0. The maximum atomic E-state index is 5.42. The molecule has 0 aliphatic rings. The zero-order chi connectivity index (χ0) is 53.8. The molecule has 82 heavy (non-hydrogen) atoms. The van der Waals surface area contributed by atoms with Gasteiger partial charge in [0, 0.05) is 82.4 Å². The van der Waals surface area contributed by atoms with Crippen molar-refractivity contribution in [2.45, 2.75) is 0 Å². The van der Waals surface area contributed by atoms with Crippen molar-refractivity contribution in [3.8, 4) is 68.0 Å². The molecule has 382 valence electrons. The summed E-state index contributed by atoms with van der Waals surface area (Å²) in [5, 5.41) is 9.64. The summed E-state index contributed by atoms with van der Waals surface area (Å²) in [6.45, 7) is 0. The van der Waals surface area contributed by atoms with Gasteiger partial charge in [-0.1, -0.05) is 200 Å². The minimum atomic E-state index is 0.582. The lowest BCUT2D eigenvalue weighted by Crippen LogP contribution is -2.03. The Morgan fingerprint density at radius 1 is 0.195 bits per heavy atom. The average molecular weight is 1050 g/mol. The van der Waals surface area contributed by atoms with Crippen LogP contribution in [0.5, 0.6) is 0 Å². The summed E-state index contributed by atoms with van der Waals surface area (Å²) in [6, 6.07) is 102. The molecule has 17 aromatic rings. The Hall–Kier alpha value is -11.2. The van der Waals surface area contributed by atoms with Crippen LogP contribution in [0.3, 0.4) is 0 Å². The molecule has 0 unspecified atom stereocenters. The smallest absolute Gasteiger partial charge is 0.164 e. The molecule has 0 amide bonds. The van der Waals surface area contributed by atoms with Crippen molar-refractivity contribution in [2.75, 3.05) is 0 Å². The van der Waals surface area contributed by atoms with E-state index in [-0.39, 0.29) is 0 Å². The third-order valence-electron chi connectivity index (χ3n) is 16.6. The van der Waals surface area contributed by atoms with Crippen LogP contribution >= 0.6 is 0 Å². The quantitative estimate of drug-likeness (QED) is 0.152. The van der Waals surface area contributed by atoms with Crippen molar-refractivity contribution in [1.29, 1.82) is 0 Å². The van der Waals surface area contributed by atoms with E-state index in [2.05, 4.69) is 285 Å². The number of benzene rings is 12. The Balaban J connectivity index is 0.882. The number of rotatable bonds is 8. The van der Waals surface area contributed by atoms with Crippen LogP contribution in [-0.4, -0.2) is 33.2 Å². The molecule has 0 saturated heterocycles. The first-order valence-corrected chi connectivity index (χ1v) is 27.8. The Bertz CT molecular complexity index is 5250. The number of hydrogen-bond donors (Lipinski definition) is 0. The number of fused-ring (bicyclic) bond motifs is 12. The van der Waals surface area contributed by atoms with Gasteiger partial charge in [-0.2, -0.15) is 0 Å². The molecule has 0 N–H and O–H groups in total. The van der Waals surface area contributed by atoms with Crippen molar-refractivity contribution >= 4 is 87.2 Å². The van der Waals surface area contributed by atoms with Crippen molar-refractivity contribution in [3.63, 3.8) is 0 Å². The van der Waals surface area contributed by atoms with Gasteiger partial charge in [0.05, 0.1) is 49.8 Å². The summed E-state index contributed by atoms with van der Waals surface area (Å²) in [5.74, 6) is 1.78. The SMILES string of the molecule is c1ccc(-c2nc(-c3cccc(-n4c5ccccc5c5ccccc54)c3)nc(-c3ccc(-c4ccc5c6ccc(-n7c8ccccc8c8ccccc87)cc6n(-c6ccccc6)c5c4)c(-n4c5ccccc5c5ccccc54)c3)n2)cc1. The van der Waals surface area contributed by atoms with E-state index in [0.717, 1.165) is 83.7 Å². The van der Waals surface area contributed by atoms with Gasteiger partial charge in [-0.05, 0) is 90.5 Å². The van der Waals surface area contributed by atoms with E-state index in [0.29, 0.717) is 17.5 Å². The maximum absolute atomic E-state index is 5.42. The van der Waals surface area contributed by atoms with Crippen LogP contribution in [0, 0.1) is 0 Å². The van der Waals surface area contributed by atoms with Crippen molar-refractivity contribution in [3.05, 3.63) is 285 Å². The molecule has 7 nitrogen and oxygen atoms in total. The van der Waals surface area contributed by atoms with Crippen LogP contribution in [0.2, 0.25) is 0 Å². The summed E-state index contributed by atoms with van der Waals surface area (Å²) >= 11 is 0. The second kappa shape index (κ2) is 18.2. The van der Waals surface area contributed by atoms with Crippen molar-refractivity contribution in [2.24, 2.45) is 0 Å². The molecule has 0 aliphatic carbocycles. The minimum absolute atomic E-state index is 0.582. The van der Waals surface area contributed by atoms with Crippen LogP contribution in [0.25, 0.3) is 155 Å². The van der Waals surface area contributed by atoms with Crippen molar-refractivity contribution in [1.82, 2.24) is 33.2 Å². The predicted molar refractivity (Wildman–Crippen MR) is 339 cm³/mol. The van der Waals surface area contributed by atoms with Crippen LogP contribution in [0.15, 0.2) is 285 Å². The van der Waals surface area contributed by atoms with Gasteiger partial charge in [-0.15, -0.1) is 0 Å². The van der Waals surface area contributed by atoms with Crippen molar-refractivity contribution < 1.29 is 0 Å². The normalized spacial score (nSPS) is 11.9. The maximum Gasteiger partial charge on any atom is 0.164 e. The first-order chi connectivity index (χ1) is 40.7. The van der Waals surface area contributed by atoms with Gasteiger partial charge in [-0.3, -0.25) is 0 Å². The lowest BCUT2D eigenvalue weighted by Gasteiger charge is -2.17. The molecule has 0 fully saturated rings. The van der Waals surface area contributed by atoms with E-state index in [9.17, 15) is 0 Å². The fraction of sp³-hybridized carbons (Fsp3) is 0. The second-order valence-electron chi connectivity index (χ2n) is 21.2. The topological polar surface area (TPSA) is 58.4 Å². The summed E-state index contributed by atoms with van der Waals surface area (Å²) in [5.41, 5.74) is 18.2. The third-order valence-corrected chi connectivity index (χ3v) is 16.6. The number of nitrogens with zero attached hydrogens (tertiary/aromatic N) is 7.